The monoisotopic (exact) mass is 303 g/mol. The highest BCUT2D eigenvalue weighted by atomic mass is 16.6. The number of carboxylic acid groups (broad SMARTS) is 1. The van der Waals surface area contributed by atoms with Crippen LogP contribution in [-0.4, -0.2) is 47.2 Å². The fourth-order valence-corrected chi connectivity index (χ4v) is 2.00. The van der Waals surface area contributed by atoms with Crippen molar-refractivity contribution in [3.8, 4) is 6.07 Å². The number of hydrogen-bond acceptors (Lipinski definition) is 5. The highest BCUT2D eigenvalue weighted by molar-refractivity contribution is 5.89. The first-order chi connectivity index (χ1) is 10.5. The standard InChI is InChI=1S/C14H13N3O5/c15-5-9-1-3-10(4-2-9)7-17-11(8-22-14(17)21)13(20)16-6-12(18)19/h1-4,11H,6-8H2,(H,16,20)(H,18,19)/t11-/m0/s1. The number of rotatable bonds is 5. The lowest BCUT2D eigenvalue weighted by atomic mass is 10.1. The Labute approximate surface area is 125 Å². The molecule has 1 aromatic rings. The first-order valence-corrected chi connectivity index (χ1v) is 6.43. The lowest BCUT2D eigenvalue weighted by molar-refractivity contribution is -0.138. The molecule has 0 radical (unpaired) electrons. The molecule has 8 heteroatoms. The minimum atomic E-state index is -1.17. The molecule has 1 saturated heterocycles. The highest BCUT2D eigenvalue weighted by Crippen LogP contribution is 2.17. The van der Waals surface area contributed by atoms with Crippen molar-refractivity contribution < 1.29 is 24.2 Å². The number of ether oxygens (including phenoxy) is 1. The molecule has 2 N–H and O–H groups in total. The van der Waals surface area contributed by atoms with Crippen molar-refractivity contribution in [2.75, 3.05) is 13.2 Å². The Morgan fingerprint density at radius 2 is 2.09 bits per heavy atom. The molecule has 114 valence electrons. The minimum absolute atomic E-state index is 0.124. The summed E-state index contributed by atoms with van der Waals surface area (Å²) in [5.41, 5.74) is 1.22. The Hall–Kier alpha value is -3.08. The smallest absolute Gasteiger partial charge is 0.410 e. The molecule has 1 aromatic carbocycles. The lowest BCUT2D eigenvalue weighted by Gasteiger charge is -2.20. The Morgan fingerprint density at radius 1 is 1.41 bits per heavy atom. The van der Waals surface area contributed by atoms with Crippen molar-refractivity contribution in [3.05, 3.63) is 35.4 Å². The highest BCUT2D eigenvalue weighted by Gasteiger charge is 2.38. The van der Waals surface area contributed by atoms with Crippen molar-refractivity contribution in [1.82, 2.24) is 10.2 Å². The number of cyclic esters (lactones) is 1. The van der Waals surface area contributed by atoms with Crippen LogP contribution in [0.3, 0.4) is 0 Å². The number of nitriles is 1. The summed E-state index contributed by atoms with van der Waals surface area (Å²) in [6.45, 7) is -0.509. The van der Waals surface area contributed by atoms with Crippen LogP contribution in [0.1, 0.15) is 11.1 Å². The number of nitrogens with zero attached hydrogens (tertiary/aromatic N) is 2. The molecule has 1 fully saturated rings. The van der Waals surface area contributed by atoms with Gasteiger partial charge in [-0.05, 0) is 17.7 Å². The van der Waals surface area contributed by atoms with Gasteiger partial charge in [0.15, 0.2) is 0 Å². The second-order valence-electron chi connectivity index (χ2n) is 4.64. The largest absolute Gasteiger partial charge is 0.480 e. The zero-order chi connectivity index (χ0) is 16.1. The van der Waals surface area contributed by atoms with E-state index in [4.69, 9.17) is 15.1 Å². The maximum Gasteiger partial charge on any atom is 0.410 e. The quantitative estimate of drug-likeness (QED) is 0.795. The molecule has 0 spiro atoms. The van der Waals surface area contributed by atoms with Gasteiger partial charge in [0.25, 0.3) is 0 Å². The molecule has 0 bridgehead atoms. The van der Waals surface area contributed by atoms with Crippen molar-refractivity contribution in [1.29, 1.82) is 5.26 Å². The van der Waals surface area contributed by atoms with E-state index in [-0.39, 0.29) is 13.2 Å². The van der Waals surface area contributed by atoms with Gasteiger partial charge in [-0.1, -0.05) is 12.1 Å². The Morgan fingerprint density at radius 3 is 2.68 bits per heavy atom. The third kappa shape index (κ3) is 3.52. The maximum absolute atomic E-state index is 11.9. The molecular formula is C14H13N3O5. The average molecular weight is 303 g/mol. The number of amides is 2. The van der Waals surface area contributed by atoms with Gasteiger partial charge in [-0.3, -0.25) is 14.5 Å². The number of carboxylic acids is 1. The number of hydrogen-bond donors (Lipinski definition) is 2. The van der Waals surface area contributed by atoms with Gasteiger partial charge in [0, 0.05) is 0 Å². The molecule has 22 heavy (non-hydrogen) atoms. The summed E-state index contributed by atoms with van der Waals surface area (Å²) < 4.78 is 4.85. The zero-order valence-corrected chi connectivity index (χ0v) is 11.5. The molecule has 0 saturated carbocycles. The molecule has 2 amide bonds. The summed E-state index contributed by atoms with van der Waals surface area (Å²) >= 11 is 0. The second-order valence-corrected chi connectivity index (χ2v) is 4.64. The Bertz CT molecular complexity index is 635. The second kappa shape index (κ2) is 6.58. The minimum Gasteiger partial charge on any atom is -0.480 e. The van der Waals surface area contributed by atoms with E-state index in [0.717, 1.165) is 5.56 Å². The van der Waals surface area contributed by atoms with Gasteiger partial charge in [0.2, 0.25) is 5.91 Å². The summed E-state index contributed by atoms with van der Waals surface area (Å²) in [4.78, 5) is 35.3. The Balaban J connectivity index is 2.05. The van der Waals surface area contributed by atoms with Crippen LogP contribution in [0.25, 0.3) is 0 Å². The third-order valence-electron chi connectivity index (χ3n) is 3.13. The van der Waals surface area contributed by atoms with E-state index < -0.39 is 30.6 Å². The van der Waals surface area contributed by atoms with Crippen LogP contribution < -0.4 is 5.32 Å². The average Bonchev–Trinajstić information content (AvgIpc) is 2.87. The first-order valence-electron chi connectivity index (χ1n) is 6.43. The molecular weight excluding hydrogens is 290 g/mol. The van der Waals surface area contributed by atoms with Crippen LogP contribution in [0.2, 0.25) is 0 Å². The zero-order valence-electron chi connectivity index (χ0n) is 11.5. The maximum atomic E-state index is 11.9. The molecule has 1 aliphatic heterocycles. The van der Waals surface area contributed by atoms with Crippen LogP contribution >= 0.6 is 0 Å². The summed E-state index contributed by atoms with van der Waals surface area (Å²) in [6, 6.07) is 7.68. The SMILES string of the molecule is N#Cc1ccc(CN2C(=O)OC[C@H]2C(=O)NCC(=O)O)cc1. The van der Waals surface area contributed by atoms with Gasteiger partial charge in [-0.15, -0.1) is 0 Å². The molecule has 1 heterocycles. The predicted octanol–water partition coefficient (Wildman–Crippen LogP) is 0.0799. The van der Waals surface area contributed by atoms with Crippen LogP contribution in [0.4, 0.5) is 4.79 Å². The van der Waals surface area contributed by atoms with Crippen molar-refractivity contribution in [3.63, 3.8) is 0 Å². The molecule has 0 aliphatic carbocycles. The number of benzene rings is 1. The molecule has 2 rings (SSSR count). The van der Waals surface area contributed by atoms with E-state index in [1.54, 1.807) is 24.3 Å². The number of carbonyl (C=O) groups is 3. The Kier molecular flexibility index (Phi) is 4.58. The van der Waals surface area contributed by atoms with Crippen LogP contribution in [0, 0.1) is 11.3 Å². The normalized spacial score (nSPS) is 16.8. The predicted molar refractivity (Wildman–Crippen MR) is 72.5 cm³/mol. The van der Waals surface area contributed by atoms with Crippen LogP contribution in [-0.2, 0) is 20.9 Å². The van der Waals surface area contributed by atoms with E-state index in [9.17, 15) is 14.4 Å². The topological polar surface area (TPSA) is 120 Å². The van der Waals surface area contributed by atoms with Gasteiger partial charge in [0.1, 0.15) is 19.2 Å². The first kappa shape index (κ1) is 15.3. The van der Waals surface area contributed by atoms with Gasteiger partial charge in [0.05, 0.1) is 18.2 Å². The molecule has 1 aliphatic rings. The summed E-state index contributed by atoms with van der Waals surface area (Å²) in [5, 5.41) is 19.5. The van der Waals surface area contributed by atoms with E-state index >= 15 is 0 Å². The number of nitrogens with one attached hydrogen (secondary N) is 1. The van der Waals surface area contributed by atoms with Gasteiger partial charge in [-0.2, -0.15) is 5.26 Å². The van der Waals surface area contributed by atoms with Gasteiger partial charge >= 0.3 is 12.1 Å². The number of carbonyl (C=O) groups excluding carboxylic acids is 2. The lowest BCUT2D eigenvalue weighted by Crippen LogP contribution is -2.46. The van der Waals surface area contributed by atoms with Crippen molar-refractivity contribution in [2.24, 2.45) is 0 Å². The van der Waals surface area contributed by atoms with E-state index in [1.165, 1.54) is 4.90 Å². The van der Waals surface area contributed by atoms with Crippen LogP contribution in [0.15, 0.2) is 24.3 Å². The summed E-state index contributed by atoms with van der Waals surface area (Å²) in [7, 11) is 0. The van der Waals surface area contributed by atoms with Gasteiger partial charge < -0.3 is 15.2 Å². The molecule has 0 unspecified atom stereocenters. The third-order valence-corrected chi connectivity index (χ3v) is 3.13. The van der Waals surface area contributed by atoms with E-state index in [0.29, 0.717) is 5.56 Å². The number of aliphatic carboxylic acids is 1. The molecule has 1 atom stereocenters. The summed E-state index contributed by atoms with van der Waals surface area (Å²) in [5.74, 6) is -1.75. The summed E-state index contributed by atoms with van der Waals surface area (Å²) in [6.07, 6.45) is -0.639. The van der Waals surface area contributed by atoms with Gasteiger partial charge in [-0.25, -0.2) is 4.79 Å². The fourth-order valence-electron chi connectivity index (χ4n) is 2.00. The molecule has 0 aromatic heterocycles. The fraction of sp³-hybridized carbons (Fsp3) is 0.286. The van der Waals surface area contributed by atoms with Crippen molar-refractivity contribution >= 4 is 18.0 Å². The van der Waals surface area contributed by atoms with Crippen LogP contribution in [0.5, 0.6) is 0 Å². The van der Waals surface area contributed by atoms with E-state index in [2.05, 4.69) is 5.32 Å². The van der Waals surface area contributed by atoms with Crippen molar-refractivity contribution in [2.45, 2.75) is 12.6 Å². The van der Waals surface area contributed by atoms with E-state index in [1.807, 2.05) is 6.07 Å². The molecule has 8 nitrogen and oxygen atoms in total.